The van der Waals surface area contributed by atoms with Crippen molar-refractivity contribution >= 4 is 5.97 Å². The molecule has 1 atom stereocenters. The van der Waals surface area contributed by atoms with Crippen LogP contribution in [0.2, 0.25) is 0 Å². The second-order valence-corrected chi connectivity index (χ2v) is 4.12. The fourth-order valence-electron chi connectivity index (χ4n) is 1.70. The molecule has 94 valence electrons. The molecule has 1 heterocycles. The van der Waals surface area contributed by atoms with E-state index in [-0.39, 0.29) is 11.6 Å². The Bertz CT molecular complexity index is 519. The molecule has 0 spiro atoms. The van der Waals surface area contributed by atoms with Gasteiger partial charge in [-0.15, -0.1) is 0 Å². The molecule has 0 fully saturated rings. The first-order chi connectivity index (χ1) is 8.66. The highest BCUT2D eigenvalue weighted by Gasteiger charge is 2.09. The van der Waals surface area contributed by atoms with Crippen LogP contribution >= 0.6 is 0 Å². The number of carboxylic acid groups (broad SMARTS) is 1. The number of hydrogen-bond donors (Lipinski definition) is 2. The van der Waals surface area contributed by atoms with Gasteiger partial charge in [0.2, 0.25) is 0 Å². The van der Waals surface area contributed by atoms with E-state index in [1.165, 1.54) is 17.9 Å². The number of rotatable bonds is 5. The largest absolute Gasteiger partial charge is 0.478 e. The number of carbonyl (C=O) groups is 1. The third-order valence-electron chi connectivity index (χ3n) is 2.78. The summed E-state index contributed by atoms with van der Waals surface area (Å²) in [6.07, 6.45) is 1.26. The van der Waals surface area contributed by atoms with E-state index in [2.05, 4.69) is 12.2 Å². The van der Waals surface area contributed by atoms with Crippen LogP contribution < -0.4 is 5.32 Å². The van der Waals surface area contributed by atoms with Crippen LogP contribution in [0.15, 0.2) is 47.1 Å². The first-order valence-electron chi connectivity index (χ1n) is 5.76. The molecular weight excluding hydrogens is 230 g/mol. The van der Waals surface area contributed by atoms with E-state index in [0.29, 0.717) is 12.3 Å². The topological polar surface area (TPSA) is 62.5 Å². The third-order valence-corrected chi connectivity index (χ3v) is 2.78. The normalized spacial score (nSPS) is 12.3. The molecule has 0 radical (unpaired) electrons. The molecule has 4 nitrogen and oxygen atoms in total. The molecule has 18 heavy (non-hydrogen) atoms. The maximum absolute atomic E-state index is 10.7. The molecule has 0 amide bonds. The molecule has 1 aromatic carbocycles. The zero-order valence-corrected chi connectivity index (χ0v) is 10.1. The Morgan fingerprint density at radius 1 is 1.39 bits per heavy atom. The maximum Gasteiger partial charge on any atom is 0.338 e. The quantitative estimate of drug-likeness (QED) is 0.850. The van der Waals surface area contributed by atoms with Crippen molar-refractivity contribution in [1.29, 1.82) is 0 Å². The van der Waals surface area contributed by atoms with E-state index in [1.54, 1.807) is 0 Å². The molecular formula is C14H15NO3. The Kier molecular flexibility index (Phi) is 3.79. The Hall–Kier alpha value is -2.07. The average Bonchev–Trinajstić information content (AvgIpc) is 2.86. The number of hydrogen-bond acceptors (Lipinski definition) is 3. The summed E-state index contributed by atoms with van der Waals surface area (Å²) >= 11 is 0. The van der Waals surface area contributed by atoms with Gasteiger partial charge in [0.1, 0.15) is 12.0 Å². The summed E-state index contributed by atoms with van der Waals surface area (Å²) in [4.78, 5) is 10.7. The Labute approximate surface area is 105 Å². The second kappa shape index (κ2) is 5.51. The number of nitrogens with one attached hydrogen (secondary N) is 1. The van der Waals surface area contributed by atoms with Gasteiger partial charge in [-0.1, -0.05) is 30.3 Å². The van der Waals surface area contributed by atoms with E-state index < -0.39 is 5.97 Å². The molecule has 4 heteroatoms. The van der Waals surface area contributed by atoms with Crippen molar-refractivity contribution in [2.75, 3.05) is 0 Å². The van der Waals surface area contributed by atoms with Gasteiger partial charge in [0, 0.05) is 6.04 Å². The maximum atomic E-state index is 10.7. The molecule has 0 aliphatic rings. The highest BCUT2D eigenvalue weighted by atomic mass is 16.4. The van der Waals surface area contributed by atoms with Gasteiger partial charge in [-0.05, 0) is 18.6 Å². The molecule has 2 N–H and O–H groups in total. The van der Waals surface area contributed by atoms with Crippen LogP contribution in [-0.4, -0.2) is 11.1 Å². The zero-order valence-electron chi connectivity index (χ0n) is 10.1. The monoisotopic (exact) mass is 245 g/mol. The van der Waals surface area contributed by atoms with Crippen LogP contribution in [0.25, 0.3) is 0 Å². The summed E-state index contributed by atoms with van der Waals surface area (Å²) in [6.45, 7) is 2.56. The summed E-state index contributed by atoms with van der Waals surface area (Å²) in [5.41, 5.74) is 1.36. The number of furan rings is 1. The smallest absolute Gasteiger partial charge is 0.338 e. The summed E-state index contributed by atoms with van der Waals surface area (Å²) < 4.78 is 5.17. The second-order valence-electron chi connectivity index (χ2n) is 4.12. The molecule has 0 saturated carbocycles. The highest BCUT2D eigenvalue weighted by Crippen LogP contribution is 2.13. The molecule has 2 rings (SSSR count). The van der Waals surface area contributed by atoms with Crippen LogP contribution in [0, 0.1) is 0 Å². The number of aromatic carboxylic acids is 1. The molecule has 1 aromatic heterocycles. The first kappa shape index (κ1) is 12.4. The van der Waals surface area contributed by atoms with Crippen molar-refractivity contribution in [3.8, 4) is 0 Å². The summed E-state index contributed by atoms with van der Waals surface area (Å²) in [6, 6.07) is 11.8. The summed E-state index contributed by atoms with van der Waals surface area (Å²) in [7, 11) is 0. The summed E-state index contributed by atoms with van der Waals surface area (Å²) in [5, 5.41) is 12.1. The molecule has 2 aromatic rings. The van der Waals surface area contributed by atoms with Gasteiger partial charge in [0.05, 0.1) is 12.1 Å². The number of benzene rings is 1. The van der Waals surface area contributed by atoms with Crippen molar-refractivity contribution < 1.29 is 14.3 Å². The van der Waals surface area contributed by atoms with Gasteiger partial charge in [-0.2, -0.15) is 0 Å². The van der Waals surface area contributed by atoms with E-state index in [0.717, 1.165) is 0 Å². The van der Waals surface area contributed by atoms with Crippen molar-refractivity contribution in [1.82, 2.24) is 5.32 Å². The fourth-order valence-corrected chi connectivity index (χ4v) is 1.70. The minimum atomic E-state index is -0.971. The summed E-state index contributed by atoms with van der Waals surface area (Å²) in [5.74, 6) is -0.351. The lowest BCUT2D eigenvalue weighted by Gasteiger charge is -2.12. The lowest BCUT2D eigenvalue weighted by molar-refractivity contribution is 0.0696. The third kappa shape index (κ3) is 2.99. The van der Waals surface area contributed by atoms with Crippen LogP contribution in [0.5, 0.6) is 0 Å². The van der Waals surface area contributed by atoms with E-state index in [9.17, 15) is 4.79 Å². The molecule has 0 aliphatic carbocycles. The van der Waals surface area contributed by atoms with Crippen LogP contribution in [0.3, 0.4) is 0 Å². The van der Waals surface area contributed by atoms with E-state index >= 15 is 0 Å². The predicted octanol–water partition coefficient (Wildman–Crippen LogP) is 2.83. The fraction of sp³-hybridized carbons (Fsp3) is 0.214. The molecule has 0 saturated heterocycles. The van der Waals surface area contributed by atoms with Gasteiger partial charge >= 0.3 is 5.97 Å². The van der Waals surface area contributed by atoms with Crippen molar-refractivity contribution in [3.63, 3.8) is 0 Å². The minimum absolute atomic E-state index is 0.180. The Morgan fingerprint density at radius 3 is 2.72 bits per heavy atom. The predicted molar refractivity (Wildman–Crippen MR) is 67.4 cm³/mol. The lowest BCUT2D eigenvalue weighted by atomic mass is 10.1. The van der Waals surface area contributed by atoms with Gasteiger partial charge in [-0.3, -0.25) is 0 Å². The highest BCUT2D eigenvalue weighted by molar-refractivity contribution is 5.87. The van der Waals surface area contributed by atoms with Gasteiger partial charge < -0.3 is 14.8 Å². The SMILES string of the molecule is CC(NCc1cc(C(=O)O)co1)c1ccccc1. The van der Waals surface area contributed by atoms with Crippen LogP contribution in [0.4, 0.5) is 0 Å². The van der Waals surface area contributed by atoms with Gasteiger partial charge in [0.25, 0.3) is 0 Å². The lowest BCUT2D eigenvalue weighted by Crippen LogP contribution is -2.17. The van der Waals surface area contributed by atoms with Crippen LogP contribution in [-0.2, 0) is 6.54 Å². The Balaban J connectivity index is 1.93. The Morgan fingerprint density at radius 2 is 2.11 bits per heavy atom. The molecule has 0 aliphatic heterocycles. The average molecular weight is 245 g/mol. The first-order valence-corrected chi connectivity index (χ1v) is 5.76. The van der Waals surface area contributed by atoms with E-state index in [4.69, 9.17) is 9.52 Å². The molecule has 0 bridgehead atoms. The van der Waals surface area contributed by atoms with Crippen molar-refractivity contribution in [2.45, 2.75) is 19.5 Å². The number of carboxylic acids is 1. The van der Waals surface area contributed by atoms with E-state index in [1.807, 2.05) is 30.3 Å². The zero-order chi connectivity index (χ0) is 13.0. The van der Waals surface area contributed by atoms with Crippen LogP contribution in [0.1, 0.15) is 34.6 Å². The standard InChI is InChI=1S/C14H15NO3/c1-10(11-5-3-2-4-6-11)15-8-13-7-12(9-18-13)14(16)17/h2-7,9-10,15H,8H2,1H3,(H,16,17). The minimum Gasteiger partial charge on any atom is -0.478 e. The van der Waals surface area contributed by atoms with Gasteiger partial charge in [-0.25, -0.2) is 4.79 Å². The molecule has 1 unspecified atom stereocenters. The van der Waals surface area contributed by atoms with Gasteiger partial charge in [0.15, 0.2) is 0 Å². The van der Waals surface area contributed by atoms with Crippen molar-refractivity contribution in [2.24, 2.45) is 0 Å². The van der Waals surface area contributed by atoms with Crippen molar-refractivity contribution in [3.05, 3.63) is 59.5 Å².